The fraction of sp³-hybridized carbons (Fsp3) is 0.182. The lowest BCUT2D eigenvalue weighted by Gasteiger charge is -2.19. The SMILES string of the molecule is COc1ccc(Cl)cc1CN(C)C(=O)c1ccnc(OCc2ccccc2)c1. The number of ether oxygens (including phenoxy) is 2. The predicted molar refractivity (Wildman–Crippen MR) is 109 cm³/mol. The second kappa shape index (κ2) is 9.24. The molecular weight excluding hydrogens is 376 g/mol. The summed E-state index contributed by atoms with van der Waals surface area (Å²) in [4.78, 5) is 18.6. The van der Waals surface area contributed by atoms with Crippen LogP contribution in [0.2, 0.25) is 5.02 Å². The summed E-state index contributed by atoms with van der Waals surface area (Å²) in [7, 11) is 3.32. The lowest BCUT2D eigenvalue weighted by atomic mass is 10.1. The number of halogens is 1. The Bertz CT molecular complexity index is 948. The Morgan fingerprint density at radius 1 is 1.11 bits per heavy atom. The van der Waals surface area contributed by atoms with Crippen molar-refractivity contribution < 1.29 is 14.3 Å². The van der Waals surface area contributed by atoms with Gasteiger partial charge in [-0.1, -0.05) is 41.9 Å². The van der Waals surface area contributed by atoms with Gasteiger partial charge >= 0.3 is 0 Å². The molecule has 144 valence electrons. The number of hydrogen-bond donors (Lipinski definition) is 0. The molecule has 0 saturated carbocycles. The lowest BCUT2D eigenvalue weighted by molar-refractivity contribution is 0.0783. The summed E-state index contributed by atoms with van der Waals surface area (Å²) in [6.45, 7) is 0.756. The molecule has 3 aromatic rings. The Hall–Kier alpha value is -3.05. The highest BCUT2D eigenvalue weighted by Crippen LogP contribution is 2.24. The molecule has 0 saturated heterocycles. The van der Waals surface area contributed by atoms with E-state index < -0.39 is 0 Å². The third kappa shape index (κ3) is 5.02. The van der Waals surface area contributed by atoms with Crippen molar-refractivity contribution in [2.24, 2.45) is 0 Å². The lowest BCUT2D eigenvalue weighted by Crippen LogP contribution is -2.26. The van der Waals surface area contributed by atoms with E-state index in [4.69, 9.17) is 21.1 Å². The maximum atomic E-state index is 12.8. The number of carbonyl (C=O) groups is 1. The zero-order valence-corrected chi connectivity index (χ0v) is 16.5. The minimum absolute atomic E-state index is 0.144. The van der Waals surface area contributed by atoms with E-state index in [1.54, 1.807) is 55.6 Å². The molecular formula is C22H21ClN2O3. The maximum absolute atomic E-state index is 12.8. The molecule has 0 radical (unpaired) electrons. The van der Waals surface area contributed by atoms with E-state index in [0.29, 0.717) is 35.4 Å². The highest BCUT2D eigenvalue weighted by atomic mass is 35.5. The van der Waals surface area contributed by atoms with Crippen molar-refractivity contribution in [2.45, 2.75) is 13.2 Å². The largest absolute Gasteiger partial charge is 0.496 e. The summed E-state index contributed by atoms with van der Waals surface area (Å²) < 4.78 is 11.1. The summed E-state index contributed by atoms with van der Waals surface area (Å²) in [6, 6.07) is 18.5. The summed E-state index contributed by atoms with van der Waals surface area (Å²) in [6.07, 6.45) is 1.57. The molecule has 28 heavy (non-hydrogen) atoms. The van der Waals surface area contributed by atoms with Crippen molar-refractivity contribution in [3.63, 3.8) is 0 Å². The Morgan fingerprint density at radius 2 is 1.89 bits per heavy atom. The monoisotopic (exact) mass is 396 g/mol. The summed E-state index contributed by atoms with van der Waals surface area (Å²) in [5.41, 5.74) is 2.37. The first kappa shape index (κ1) is 19.7. The highest BCUT2D eigenvalue weighted by Gasteiger charge is 2.15. The van der Waals surface area contributed by atoms with Crippen LogP contribution in [0.4, 0.5) is 0 Å². The molecule has 0 bridgehead atoms. The van der Waals surface area contributed by atoms with Crippen LogP contribution in [0, 0.1) is 0 Å². The smallest absolute Gasteiger partial charge is 0.254 e. The second-order valence-electron chi connectivity index (χ2n) is 6.27. The van der Waals surface area contributed by atoms with E-state index in [1.165, 1.54) is 0 Å². The van der Waals surface area contributed by atoms with Crippen LogP contribution < -0.4 is 9.47 Å². The van der Waals surface area contributed by atoms with Crippen molar-refractivity contribution in [3.8, 4) is 11.6 Å². The van der Waals surface area contributed by atoms with Gasteiger partial charge in [0.1, 0.15) is 12.4 Å². The van der Waals surface area contributed by atoms with Crippen LogP contribution in [0.3, 0.4) is 0 Å². The maximum Gasteiger partial charge on any atom is 0.254 e. The molecule has 0 aliphatic carbocycles. The fourth-order valence-electron chi connectivity index (χ4n) is 2.77. The molecule has 0 spiro atoms. The van der Waals surface area contributed by atoms with Gasteiger partial charge in [0, 0.05) is 42.0 Å². The molecule has 3 rings (SSSR count). The zero-order chi connectivity index (χ0) is 19.9. The van der Waals surface area contributed by atoms with E-state index >= 15 is 0 Å². The van der Waals surface area contributed by atoms with Crippen LogP contribution in [0.1, 0.15) is 21.5 Å². The highest BCUT2D eigenvalue weighted by molar-refractivity contribution is 6.30. The first-order chi connectivity index (χ1) is 13.6. The topological polar surface area (TPSA) is 51.7 Å². The Balaban J connectivity index is 1.69. The molecule has 0 aliphatic rings. The van der Waals surface area contributed by atoms with Crippen molar-refractivity contribution in [1.29, 1.82) is 0 Å². The average molecular weight is 397 g/mol. The standard InChI is InChI=1S/C22H21ClN2O3/c1-25(14-18-12-19(23)8-9-20(18)27-2)22(26)17-10-11-24-21(13-17)28-15-16-6-4-3-5-7-16/h3-13H,14-15H2,1-2H3. The molecule has 0 unspecified atom stereocenters. The van der Waals surface area contributed by atoms with Crippen LogP contribution >= 0.6 is 11.6 Å². The molecule has 2 aromatic carbocycles. The van der Waals surface area contributed by atoms with Gasteiger partial charge in [0.05, 0.1) is 7.11 Å². The number of pyridine rings is 1. The molecule has 1 amide bonds. The molecule has 5 nitrogen and oxygen atoms in total. The number of hydrogen-bond acceptors (Lipinski definition) is 4. The van der Waals surface area contributed by atoms with E-state index in [9.17, 15) is 4.79 Å². The molecule has 0 aliphatic heterocycles. The number of rotatable bonds is 7. The Labute approximate surface area is 169 Å². The molecule has 1 heterocycles. The van der Waals surface area contributed by atoms with Crippen LogP contribution in [0.15, 0.2) is 66.9 Å². The minimum atomic E-state index is -0.144. The van der Waals surface area contributed by atoms with Gasteiger partial charge in [-0.25, -0.2) is 4.98 Å². The van der Waals surface area contributed by atoms with Crippen LogP contribution in [-0.4, -0.2) is 29.9 Å². The number of methoxy groups -OCH3 is 1. The second-order valence-corrected chi connectivity index (χ2v) is 6.71. The van der Waals surface area contributed by atoms with E-state index in [1.807, 2.05) is 30.3 Å². The third-order valence-electron chi connectivity index (χ3n) is 4.21. The van der Waals surface area contributed by atoms with Gasteiger partial charge in [0.2, 0.25) is 5.88 Å². The molecule has 0 fully saturated rings. The summed E-state index contributed by atoms with van der Waals surface area (Å²) >= 11 is 6.08. The summed E-state index contributed by atoms with van der Waals surface area (Å²) in [5, 5.41) is 0.595. The fourth-order valence-corrected chi connectivity index (χ4v) is 2.97. The van der Waals surface area contributed by atoms with Gasteiger partial charge in [0.15, 0.2) is 0 Å². The van der Waals surface area contributed by atoms with Crippen LogP contribution in [0.5, 0.6) is 11.6 Å². The minimum Gasteiger partial charge on any atom is -0.496 e. The van der Waals surface area contributed by atoms with Crippen molar-refractivity contribution in [1.82, 2.24) is 9.88 Å². The van der Waals surface area contributed by atoms with Crippen molar-refractivity contribution >= 4 is 17.5 Å². The van der Waals surface area contributed by atoms with Crippen molar-refractivity contribution in [3.05, 3.63) is 88.6 Å². The molecule has 0 atom stereocenters. The van der Waals surface area contributed by atoms with Gasteiger partial charge < -0.3 is 14.4 Å². The predicted octanol–water partition coefficient (Wildman–Crippen LogP) is 4.59. The van der Waals surface area contributed by atoms with Crippen molar-refractivity contribution in [2.75, 3.05) is 14.2 Å². The van der Waals surface area contributed by atoms with Gasteiger partial charge in [-0.15, -0.1) is 0 Å². The number of aromatic nitrogens is 1. The summed E-state index contributed by atoms with van der Waals surface area (Å²) in [5.74, 6) is 0.947. The molecule has 6 heteroatoms. The normalized spacial score (nSPS) is 10.4. The van der Waals surface area contributed by atoms with Gasteiger partial charge in [-0.05, 0) is 29.8 Å². The molecule has 1 aromatic heterocycles. The third-order valence-corrected chi connectivity index (χ3v) is 4.44. The van der Waals surface area contributed by atoms with Crippen LogP contribution in [-0.2, 0) is 13.2 Å². The Kier molecular flexibility index (Phi) is 6.50. The van der Waals surface area contributed by atoms with E-state index in [0.717, 1.165) is 11.1 Å². The Morgan fingerprint density at radius 3 is 2.64 bits per heavy atom. The zero-order valence-electron chi connectivity index (χ0n) is 15.8. The van der Waals surface area contributed by atoms with E-state index in [2.05, 4.69) is 4.98 Å². The average Bonchev–Trinajstić information content (AvgIpc) is 2.73. The van der Waals surface area contributed by atoms with Gasteiger partial charge in [-0.2, -0.15) is 0 Å². The van der Waals surface area contributed by atoms with Gasteiger partial charge in [0.25, 0.3) is 5.91 Å². The van der Waals surface area contributed by atoms with Gasteiger partial charge in [-0.3, -0.25) is 4.79 Å². The van der Waals surface area contributed by atoms with Crippen LogP contribution in [0.25, 0.3) is 0 Å². The number of benzene rings is 2. The number of amides is 1. The number of carbonyl (C=O) groups excluding carboxylic acids is 1. The molecule has 0 N–H and O–H groups in total. The quantitative estimate of drug-likeness (QED) is 0.586. The van der Waals surface area contributed by atoms with E-state index in [-0.39, 0.29) is 5.91 Å². The number of nitrogens with zero attached hydrogens (tertiary/aromatic N) is 2. The first-order valence-electron chi connectivity index (χ1n) is 8.77. The first-order valence-corrected chi connectivity index (χ1v) is 9.15.